The van der Waals surface area contributed by atoms with Gasteiger partial charge in [-0.1, -0.05) is 6.07 Å². The van der Waals surface area contributed by atoms with Gasteiger partial charge >= 0.3 is 0 Å². The monoisotopic (exact) mass is 250 g/mol. The molecule has 0 spiro atoms. The molecular formula is C13H18N2O3. The maximum atomic E-state index is 12.0. The highest BCUT2D eigenvalue weighted by Gasteiger charge is 2.34. The molecule has 0 aliphatic heterocycles. The second-order valence-corrected chi connectivity index (χ2v) is 4.69. The Morgan fingerprint density at radius 1 is 1.56 bits per heavy atom. The second kappa shape index (κ2) is 4.86. The number of carbonyl (C=O) groups is 1. The van der Waals surface area contributed by atoms with Gasteiger partial charge in [0.1, 0.15) is 0 Å². The van der Waals surface area contributed by atoms with E-state index in [1.54, 1.807) is 18.2 Å². The van der Waals surface area contributed by atoms with Crippen LogP contribution in [0.25, 0.3) is 0 Å². The molecule has 5 heteroatoms. The Hall–Kier alpha value is -1.75. The molecule has 1 amide bonds. The maximum Gasteiger partial charge on any atom is 0.255 e. The number of methoxy groups -OCH3 is 1. The van der Waals surface area contributed by atoms with Crippen molar-refractivity contribution < 1.29 is 14.6 Å². The quantitative estimate of drug-likeness (QED) is 0.694. The summed E-state index contributed by atoms with van der Waals surface area (Å²) in [5, 5.41) is 12.6. The highest BCUT2D eigenvalue weighted by molar-refractivity contribution is 5.98. The summed E-state index contributed by atoms with van der Waals surface area (Å²) in [6.07, 6.45) is 2.48. The Balaban J connectivity index is 2.06. The number of para-hydroxylation sites is 1. The molecule has 0 aromatic heterocycles. The van der Waals surface area contributed by atoms with Crippen molar-refractivity contribution in [1.29, 1.82) is 0 Å². The van der Waals surface area contributed by atoms with E-state index in [2.05, 4.69) is 5.32 Å². The third kappa shape index (κ3) is 2.41. The lowest BCUT2D eigenvalue weighted by atomic mass is 9.80. The third-order valence-corrected chi connectivity index (χ3v) is 3.36. The molecule has 1 aliphatic rings. The molecule has 0 radical (unpaired) electrons. The number of aliphatic hydroxyl groups is 1. The van der Waals surface area contributed by atoms with E-state index >= 15 is 0 Å². The molecule has 0 heterocycles. The van der Waals surface area contributed by atoms with Gasteiger partial charge in [0.15, 0.2) is 5.75 Å². The van der Waals surface area contributed by atoms with Crippen LogP contribution in [0.1, 0.15) is 29.6 Å². The molecule has 1 aliphatic carbocycles. The van der Waals surface area contributed by atoms with Gasteiger partial charge in [-0.25, -0.2) is 0 Å². The van der Waals surface area contributed by atoms with Crippen molar-refractivity contribution in [2.45, 2.75) is 24.9 Å². The standard InChI is InChI=1S/C13H18N2O3/c1-18-11-9(4-2-5-10(11)14)12(16)15-8-13(17)6-3-7-13/h2,4-5,17H,3,6-8,14H2,1H3,(H,15,16). The van der Waals surface area contributed by atoms with Gasteiger partial charge in [-0.2, -0.15) is 0 Å². The smallest absolute Gasteiger partial charge is 0.255 e. The average molecular weight is 250 g/mol. The first-order valence-electron chi connectivity index (χ1n) is 5.99. The summed E-state index contributed by atoms with van der Waals surface area (Å²) in [7, 11) is 1.47. The fourth-order valence-corrected chi connectivity index (χ4v) is 2.06. The number of amides is 1. The second-order valence-electron chi connectivity index (χ2n) is 4.69. The van der Waals surface area contributed by atoms with Gasteiger partial charge in [0.05, 0.1) is 24.0 Å². The molecule has 18 heavy (non-hydrogen) atoms. The summed E-state index contributed by atoms with van der Waals surface area (Å²) < 4.78 is 5.12. The van der Waals surface area contributed by atoms with Crippen molar-refractivity contribution >= 4 is 11.6 Å². The molecule has 4 N–H and O–H groups in total. The van der Waals surface area contributed by atoms with E-state index < -0.39 is 5.60 Å². The molecule has 98 valence electrons. The van der Waals surface area contributed by atoms with E-state index in [4.69, 9.17) is 10.5 Å². The lowest BCUT2D eigenvalue weighted by Crippen LogP contribution is -2.47. The van der Waals surface area contributed by atoms with E-state index in [0.717, 1.165) is 19.3 Å². The lowest BCUT2D eigenvalue weighted by Gasteiger charge is -2.36. The average Bonchev–Trinajstić information content (AvgIpc) is 2.33. The van der Waals surface area contributed by atoms with Crippen molar-refractivity contribution in [1.82, 2.24) is 5.32 Å². The topological polar surface area (TPSA) is 84.6 Å². The van der Waals surface area contributed by atoms with Crippen molar-refractivity contribution in [2.24, 2.45) is 0 Å². The van der Waals surface area contributed by atoms with E-state index in [1.807, 2.05) is 0 Å². The number of nitrogens with one attached hydrogen (secondary N) is 1. The molecule has 0 unspecified atom stereocenters. The van der Waals surface area contributed by atoms with Crippen molar-refractivity contribution in [3.8, 4) is 5.75 Å². The van der Waals surface area contributed by atoms with Gasteiger partial charge in [-0.3, -0.25) is 4.79 Å². The van der Waals surface area contributed by atoms with Gasteiger partial charge < -0.3 is 20.9 Å². The van der Waals surface area contributed by atoms with E-state index in [9.17, 15) is 9.90 Å². The zero-order valence-corrected chi connectivity index (χ0v) is 10.4. The Labute approximate surface area is 106 Å². The van der Waals surface area contributed by atoms with Crippen molar-refractivity contribution in [2.75, 3.05) is 19.4 Å². The molecule has 0 bridgehead atoms. The molecule has 5 nitrogen and oxygen atoms in total. The molecule has 1 aromatic rings. The SMILES string of the molecule is COc1c(N)cccc1C(=O)NCC1(O)CCC1. The number of nitrogens with two attached hydrogens (primary N) is 1. The Morgan fingerprint density at radius 2 is 2.28 bits per heavy atom. The number of nitrogen functional groups attached to an aromatic ring is 1. The van der Waals surface area contributed by atoms with Crippen LogP contribution in [-0.2, 0) is 0 Å². The highest BCUT2D eigenvalue weighted by atomic mass is 16.5. The fourth-order valence-electron chi connectivity index (χ4n) is 2.06. The van der Waals surface area contributed by atoms with Crippen LogP contribution in [0.2, 0.25) is 0 Å². The zero-order chi connectivity index (χ0) is 13.2. The lowest BCUT2D eigenvalue weighted by molar-refractivity contribution is -0.0300. The molecule has 1 saturated carbocycles. The summed E-state index contributed by atoms with van der Waals surface area (Å²) in [4.78, 5) is 12.0. The minimum Gasteiger partial charge on any atom is -0.494 e. The first kappa shape index (κ1) is 12.7. The van der Waals surface area contributed by atoms with Gasteiger partial charge in [0.25, 0.3) is 5.91 Å². The van der Waals surface area contributed by atoms with Crippen molar-refractivity contribution in [3.05, 3.63) is 23.8 Å². The maximum absolute atomic E-state index is 12.0. The first-order valence-corrected chi connectivity index (χ1v) is 5.99. The van der Waals surface area contributed by atoms with Gasteiger partial charge in [0, 0.05) is 6.54 Å². The van der Waals surface area contributed by atoms with Crippen LogP contribution in [0.3, 0.4) is 0 Å². The molecule has 1 fully saturated rings. The summed E-state index contributed by atoms with van der Waals surface area (Å²) in [5.41, 5.74) is 5.81. The molecule has 0 atom stereocenters. The molecular weight excluding hydrogens is 232 g/mol. The molecule has 2 rings (SSSR count). The van der Waals surface area contributed by atoms with Gasteiger partial charge in [-0.05, 0) is 31.4 Å². The van der Waals surface area contributed by atoms with Crippen LogP contribution in [-0.4, -0.2) is 30.3 Å². The number of benzene rings is 1. The minimum atomic E-state index is -0.733. The van der Waals surface area contributed by atoms with Crippen LogP contribution >= 0.6 is 0 Å². The predicted octanol–water partition coefficient (Wildman–Crippen LogP) is 0.922. The summed E-state index contributed by atoms with van der Waals surface area (Å²) in [6.45, 7) is 0.268. The summed E-state index contributed by atoms with van der Waals surface area (Å²) in [5.74, 6) is 0.0927. The van der Waals surface area contributed by atoms with Crippen LogP contribution in [0.15, 0.2) is 18.2 Å². The number of carbonyl (C=O) groups excluding carboxylic acids is 1. The highest BCUT2D eigenvalue weighted by Crippen LogP contribution is 2.31. The number of hydrogen-bond acceptors (Lipinski definition) is 4. The van der Waals surface area contributed by atoms with Crippen molar-refractivity contribution in [3.63, 3.8) is 0 Å². The van der Waals surface area contributed by atoms with E-state index in [0.29, 0.717) is 17.0 Å². The van der Waals surface area contributed by atoms with Crippen LogP contribution in [0.5, 0.6) is 5.75 Å². The zero-order valence-electron chi connectivity index (χ0n) is 10.4. The third-order valence-electron chi connectivity index (χ3n) is 3.36. The Bertz CT molecular complexity index is 456. The molecule has 0 saturated heterocycles. The minimum absolute atomic E-state index is 0.268. The normalized spacial score (nSPS) is 16.8. The van der Waals surface area contributed by atoms with E-state index in [-0.39, 0.29) is 12.5 Å². The largest absolute Gasteiger partial charge is 0.494 e. The van der Waals surface area contributed by atoms with Crippen LogP contribution < -0.4 is 15.8 Å². The van der Waals surface area contributed by atoms with Gasteiger partial charge in [-0.15, -0.1) is 0 Å². The fraction of sp³-hybridized carbons (Fsp3) is 0.462. The first-order chi connectivity index (χ1) is 8.56. The van der Waals surface area contributed by atoms with Gasteiger partial charge in [0.2, 0.25) is 0 Å². The van der Waals surface area contributed by atoms with Crippen LogP contribution in [0.4, 0.5) is 5.69 Å². The Kier molecular flexibility index (Phi) is 3.43. The Morgan fingerprint density at radius 3 is 2.83 bits per heavy atom. The summed E-state index contributed by atoms with van der Waals surface area (Å²) >= 11 is 0. The van der Waals surface area contributed by atoms with Crippen LogP contribution in [0, 0.1) is 0 Å². The number of hydrogen-bond donors (Lipinski definition) is 3. The number of rotatable bonds is 4. The number of ether oxygens (including phenoxy) is 1. The molecule has 1 aromatic carbocycles. The number of anilines is 1. The summed E-state index contributed by atoms with van der Waals surface area (Å²) in [6, 6.07) is 5.02. The predicted molar refractivity (Wildman–Crippen MR) is 68.5 cm³/mol. The van der Waals surface area contributed by atoms with E-state index in [1.165, 1.54) is 7.11 Å².